The SMILES string of the molecule is Cc1noc(C)c1NC(=O)c1ccc(-n2nc(SCc3ccccc3)sc2=S)cc1. The second-order valence-electron chi connectivity index (χ2n) is 6.52. The fourth-order valence-corrected chi connectivity index (χ4v) is 5.12. The molecule has 0 aliphatic carbocycles. The average Bonchev–Trinajstić information content (AvgIpc) is 3.29. The molecule has 2 aromatic heterocycles. The molecule has 2 heterocycles. The van der Waals surface area contributed by atoms with Gasteiger partial charge in [-0.25, -0.2) is 4.68 Å². The fourth-order valence-electron chi connectivity index (χ4n) is 2.80. The number of amides is 1. The Balaban J connectivity index is 1.47. The van der Waals surface area contributed by atoms with Gasteiger partial charge in [0.2, 0.25) is 0 Å². The van der Waals surface area contributed by atoms with E-state index >= 15 is 0 Å². The summed E-state index contributed by atoms with van der Waals surface area (Å²) in [6.45, 7) is 3.54. The number of nitrogens with zero attached hydrogens (tertiary/aromatic N) is 3. The van der Waals surface area contributed by atoms with Gasteiger partial charge in [-0.2, -0.15) is 0 Å². The van der Waals surface area contributed by atoms with Crippen molar-refractivity contribution < 1.29 is 9.32 Å². The van der Waals surface area contributed by atoms with Crippen molar-refractivity contribution in [2.45, 2.75) is 23.9 Å². The number of benzene rings is 2. The highest BCUT2D eigenvalue weighted by molar-refractivity contribution is 8.00. The van der Waals surface area contributed by atoms with Crippen LogP contribution in [0, 0.1) is 17.8 Å². The van der Waals surface area contributed by atoms with Crippen LogP contribution in [-0.4, -0.2) is 20.8 Å². The van der Waals surface area contributed by atoms with E-state index in [0.29, 0.717) is 26.7 Å². The number of thioether (sulfide) groups is 1. The third-order valence-corrected chi connectivity index (χ3v) is 6.82. The highest BCUT2D eigenvalue weighted by Gasteiger charge is 2.14. The summed E-state index contributed by atoms with van der Waals surface area (Å²) in [5.41, 5.74) is 3.83. The van der Waals surface area contributed by atoms with E-state index in [9.17, 15) is 4.79 Å². The number of nitrogens with one attached hydrogen (secondary N) is 1. The van der Waals surface area contributed by atoms with Crippen molar-refractivity contribution in [2.24, 2.45) is 0 Å². The molecular formula is C21H18N4O2S3. The molecule has 1 amide bonds. The number of aromatic nitrogens is 3. The van der Waals surface area contributed by atoms with E-state index in [4.69, 9.17) is 16.7 Å². The Kier molecular flexibility index (Phi) is 6.12. The van der Waals surface area contributed by atoms with E-state index in [0.717, 1.165) is 15.8 Å². The van der Waals surface area contributed by atoms with Gasteiger partial charge < -0.3 is 9.84 Å². The van der Waals surface area contributed by atoms with Crippen LogP contribution in [0.4, 0.5) is 5.69 Å². The zero-order chi connectivity index (χ0) is 21.1. The highest BCUT2D eigenvalue weighted by Crippen LogP contribution is 2.27. The van der Waals surface area contributed by atoms with Gasteiger partial charge in [-0.1, -0.05) is 58.6 Å². The number of carbonyl (C=O) groups excluding carboxylic acids is 1. The second-order valence-corrected chi connectivity index (χ2v) is 9.37. The summed E-state index contributed by atoms with van der Waals surface area (Å²) in [4.78, 5) is 12.5. The number of hydrogen-bond donors (Lipinski definition) is 1. The summed E-state index contributed by atoms with van der Waals surface area (Å²) >= 11 is 8.62. The van der Waals surface area contributed by atoms with Crippen LogP contribution in [0.2, 0.25) is 0 Å². The Morgan fingerprint density at radius 3 is 2.57 bits per heavy atom. The third kappa shape index (κ3) is 4.53. The molecular weight excluding hydrogens is 436 g/mol. The standard InChI is InChI=1S/C21H18N4O2S3/c1-13-18(14(2)27-24-13)22-19(26)16-8-10-17(11-9-16)25-21(28)30-20(23-25)29-12-15-6-4-3-5-7-15/h3-11H,12H2,1-2H3,(H,22,26). The normalized spacial score (nSPS) is 10.9. The van der Waals surface area contributed by atoms with Gasteiger partial charge in [-0.3, -0.25) is 4.79 Å². The van der Waals surface area contributed by atoms with Crippen molar-refractivity contribution in [3.8, 4) is 5.69 Å². The molecule has 0 radical (unpaired) electrons. The van der Waals surface area contributed by atoms with E-state index in [1.807, 2.05) is 30.3 Å². The topological polar surface area (TPSA) is 73.0 Å². The van der Waals surface area contributed by atoms with Crippen LogP contribution in [0.15, 0.2) is 63.5 Å². The van der Waals surface area contributed by atoms with Crippen molar-refractivity contribution in [1.82, 2.24) is 14.9 Å². The van der Waals surface area contributed by atoms with Crippen LogP contribution in [-0.2, 0) is 5.75 Å². The maximum Gasteiger partial charge on any atom is 0.255 e. The molecule has 9 heteroatoms. The first-order valence-electron chi connectivity index (χ1n) is 9.13. The van der Waals surface area contributed by atoms with Crippen LogP contribution < -0.4 is 5.32 Å². The number of carbonyl (C=O) groups is 1. The predicted octanol–water partition coefficient (Wildman–Crippen LogP) is 5.81. The summed E-state index contributed by atoms with van der Waals surface area (Å²) in [7, 11) is 0. The van der Waals surface area contributed by atoms with Gasteiger partial charge in [0.15, 0.2) is 14.1 Å². The lowest BCUT2D eigenvalue weighted by Gasteiger charge is -2.06. The zero-order valence-corrected chi connectivity index (χ0v) is 18.7. The quantitative estimate of drug-likeness (QED) is 0.293. The summed E-state index contributed by atoms with van der Waals surface area (Å²) < 4.78 is 8.38. The fraction of sp³-hybridized carbons (Fsp3) is 0.143. The number of anilines is 1. The largest absolute Gasteiger partial charge is 0.359 e. The van der Waals surface area contributed by atoms with Gasteiger partial charge in [0, 0.05) is 11.3 Å². The minimum absolute atomic E-state index is 0.225. The first-order valence-corrected chi connectivity index (χ1v) is 11.3. The lowest BCUT2D eigenvalue weighted by atomic mass is 10.2. The maximum absolute atomic E-state index is 12.5. The van der Waals surface area contributed by atoms with Crippen LogP contribution in [0.5, 0.6) is 0 Å². The van der Waals surface area contributed by atoms with Crippen LogP contribution >= 0.6 is 35.3 Å². The molecule has 30 heavy (non-hydrogen) atoms. The molecule has 6 nitrogen and oxygen atoms in total. The van der Waals surface area contributed by atoms with Crippen molar-refractivity contribution in [3.63, 3.8) is 0 Å². The molecule has 152 valence electrons. The second kappa shape index (κ2) is 8.95. The lowest BCUT2D eigenvalue weighted by Crippen LogP contribution is -2.13. The Labute approximate surface area is 186 Å². The Morgan fingerprint density at radius 2 is 1.90 bits per heavy atom. The van der Waals surface area contributed by atoms with E-state index in [1.54, 1.807) is 42.4 Å². The van der Waals surface area contributed by atoms with E-state index in [-0.39, 0.29) is 5.91 Å². The predicted molar refractivity (Wildman–Crippen MR) is 122 cm³/mol. The molecule has 4 rings (SSSR count). The summed E-state index contributed by atoms with van der Waals surface area (Å²) in [6.07, 6.45) is 0. The molecule has 0 fully saturated rings. The smallest absolute Gasteiger partial charge is 0.255 e. The third-order valence-electron chi connectivity index (χ3n) is 4.38. The van der Waals surface area contributed by atoms with E-state index < -0.39 is 0 Å². The van der Waals surface area contributed by atoms with Crippen molar-refractivity contribution in [2.75, 3.05) is 5.32 Å². The minimum atomic E-state index is -0.225. The summed E-state index contributed by atoms with van der Waals surface area (Å²) in [5, 5.41) is 11.3. The molecule has 0 atom stereocenters. The number of aryl methyl sites for hydroxylation is 2. The van der Waals surface area contributed by atoms with Gasteiger partial charge in [0.1, 0.15) is 11.4 Å². The lowest BCUT2D eigenvalue weighted by molar-refractivity contribution is 0.102. The molecule has 1 N–H and O–H groups in total. The minimum Gasteiger partial charge on any atom is -0.359 e. The van der Waals surface area contributed by atoms with Gasteiger partial charge in [-0.05, 0) is 55.9 Å². The highest BCUT2D eigenvalue weighted by atomic mass is 32.2. The molecule has 0 aliphatic heterocycles. The van der Waals surface area contributed by atoms with E-state index in [2.05, 4.69) is 27.7 Å². The summed E-state index contributed by atoms with van der Waals surface area (Å²) in [6, 6.07) is 17.4. The molecule has 2 aromatic carbocycles. The van der Waals surface area contributed by atoms with Gasteiger partial charge in [0.25, 0.3) is 5.91 Å². The van der Waals surface area contributed by atoms with Crippen LogP contribution in [0.25, 0.3) is 5.69 Å². The van der Waals surface area contributed by atoms with Gasteiger partial charge in [-0.15, -0.1) is 5.10 Å². The molecule has 0 saturated heterocycles. The molecule has 4 aromatic rings. The van der Waals surface area contributed by atoms with Crippen molar-refractivity contribution >= 4 is 46.9 Å². The molecule has 0 spiro atoms. The van der Waals surface area contributed by atoms with Crippen molar-refractivity contribution in [3.05, 3.63) is 81.1 Å². The van der Waals surface area contributed by atoms with Crippen LogP contribution in [0.1, 0.15) is 27.4 Å². The molecule has 0 saturated carbocycles. The molecule has 0 aliphatic rings. The monoisotopic (exact) mass is 454 g/mol. The molecule has 0 unspecified atom stereocenters. The Bertz CT molecular complexity index is 1210. The van der Waals surface area contributed by atoms with Gasteiger partial charge in [0.05, 0.1) is 5.69 Å². The van der Waals surface area contributed by atoms with E-state index in [1.165, 1.54) is 16.9 Å². The first kappa shape index (κ1) is 20.5. The molecule has 0 bridgehead atoms. The first-order chi connectivity index (χ1) is 14.5. The Morgan fingerprint density at radius 1 is 1.17 bits per heavy atom. The van der Waals surface area contributed by atoms with Gasteiger partial charge >= 0.3 is 0 Å². The maximum atomic E-state index is 12.5. The zero-order valence-electron chi connectivity index (χ0n) is 16.3. The number of hydrogen-bond acceptors (Lipinski definition) is 7. The number of rotatable bonds is 6. The van der Waals surface area contributed by atoms with Crippen LogP contribution in [0.3, 0.4) is 0 Å². The average molecular weight is 455 g/mol. The summed E-state index contributed by atoms with van der Waals surface area (Å²) in [5.74, 6) is 1.19. The Hall–Kier alpha value is -2.75. The van der Waals surface area contributed by atoms with Crippen molar-refractivity contribution in [1.29, 1.82) is 0 Å².